The average Bonchev–Trinajstić information content (AvgIpc) is 2.77. The summed E-state index contributed by atoms with van der Waals surface area (Å²) in [5, 5.41) is 6.55. The first-order valence-electron chi connectivity index (χ1n) is 10.8. The fraction of sp³-hybridized carbons (Fsp3) is 0.478. The Morgan fingerprint density at radius 3 is 2.39 bits per heavy atom. The van der Waals surface area contributed by atoms with Crippen molar-refractivity contribution in [3.8, 4) is 5.88 Å². The zero-order valence-electron chi connectivity index (χ0n) is 18.3. The molecule has 1 saturated carbocycles. The summed E-state index contributed by atoms with van der Waals surface area (Å²) >= 11 is 0. The third-order valence-electron chi connectivity index (χ3n) is 5.38. The summed E-state index contributed by atoms with van der Waals surface area (Å²) in [5.74, 6) is 1.40. The molecule has 0 saturated heterocycles. The number of hydrogen-bond acceptors (Lipinski definition) is 5. The van der Waals surface area contributed by atoms with Gasteiger partial charge in [0.15, 0.2) is 15.8 Å². The first-order valence-corrected chi connectivity index (χ1v) is 12.7. The molecule has 2 N–H and O–H groups in total. The normalized spacial score (nSPS) is 15.5. The second-order valence-corrected chi connectivity index (χ2v) is 9.92. The molecule has 1 aromatic carbocycles. The Morgan fingerprint density at radius 1 is 1.06 bits per heavy atom. The van der Waals surface area contributed by atoms with Crippen LogP contribution in [0.1, 0.15) is 43.2 Å². The molecule has 168 valence electrons. The molecule has 1 heterocycles. The Labute approximate surface area is 185 Å². The highest BCUT2D eigenvalue weighted by Gasteiger charge is 2.15. The minimum absolute atomic E-state index is 0.302. The Morgan fingerprint density at radius 2 is 1.77 bits per heavy atom. The van der Waals surface area contributed by atoms with Crippen molar-refractivity contribution in [3.63, 3.8) is 0 Å². The maximum atomic E-state index is 11.5. The molecule has 1 aromatic heterocycles. The lowest BCUT2D eigenvalue weighted by Gasteiger charge is -2.22. The number of sulfone groups is 1. The summed E-state index contributed by atoms with van der Waals surface area (Å²) in [6.07, 6.45) is 10.1. The van der Waals surface area contributed by atoms with Crippen molar-refractivity contribution in [1.29, 1.82) is 0 Å². The second kappa shape index (κ2) is 11.1. The van der Waals surface area contributed by atoms with Crippen molar-refractivity contribution in [2.45, 2.75) is 56.1 Å². The van der Waals surface area contributed by atoms with Gasteiger partial charge in [0.25, 0.3) is 0 Å². The third kappa shape index (κ3) is 7.54. The summed E-state index contributed by atoms with van der Waals surface area (Å²) < 4.78 is 29.0. The van der Waals surface area contributed by atoms with Crippen LogP contribution in [0.2, 0.25) is 0 Å². The highest BCUT2D eigenvalue weighted by molar-refractivity contribution is 7.90. The summed E-state index contributed by atoms with van der Waals surface area (Å²) in [7, 11) is -1.43. The van der Waals surface area contributed by atoms with Crippen LogP contribution in [-0.4, -0.2) is 45.3 Å². The molecule has 8 heteroatoms. The van der Waals surface area contributed by atoms with Gasteiger partial charge < -0.3 is 15.4 Å². The number of benzene rings is 1. The molecule has 0 aliphatic heterocycles. The zero-order valence-corrected chi connectivity index (χ0v) is 19.1. The Kier molecular flexibility index (Phi) is 8.28. The van der Waals surface area contributed by atoms with E-state index in [-0.39, 0.29) is 0 Å². The number of guanidine groups is 1. The first-order chi connectivity index (χ1) is 14.9. The Balaban J connectivity index is 1.40. The molecule has 0 bridgehead atoms. The SMILES string of the molecule is CN=C(NCCc1ccc(S(C)(=O)=O)cc1)NCc1ccc(OC2CCCCC2)nc1. The fourth-order valence-corrected chi connectivity index (χ4v) is 4.20. The Hall–Kier alpha value is -2.61. The number of ether oxygens (including phenoxy) is 1. The lowest BCUT2D eigenvalue weighted by molar-refractivity contribution is 0.148. The monoisotopic (exact) mass is 444 g/mol. The average molecular weight is 445 g/mol. The van der Waals surface area contributed by atoms with Gasteiger partial charge in [-0.3, -0.25) is 4.99 Å². The van der Waals surface area contributed by atoms with E-state index in [0.717, 1.165) is 30.4 Å². The van der Waals surface area contributed by atoms with Crippen molar-refractivity contribution in [1.82, 2.24) is 15.6 Å². The molecule has 0 radical (unpaired) electrons. The van der Waals surface area contributed by atoms with Gasteiger partial charge >= 0.3 is 0 Å². The topological polar surface area (TPSA) is 92.7 Å². The highest BCUT2D eigenvalue weighted by atomic mass is 32.2. The van der Waals surface area contributed by atoms with Crippen LogP contribution in [0.5, 0.6) is 5.88 Å². The van der Waals surface area contributed by atoms with Crippen molar-refractivity contribution in [2.24, 2.45) is 4.99 Å². The van der Waals surface area contributed by atoms with Gasteiger partial charge in [0.1, 0.15) is 6.10 Å². The van der Waals surface area contributed by atoms with Crippen LogP contribution >= 0.6 is 0 Å². The number of nitrogens with one attached hydrogen (secondary N) is 2. The number of rotatable bonds is 8. The molecule has 3 rings (SSSR count). The Bertz CT molecular complexity index is 951. The van der Waals surface area contributed by atoms with E-state index in [2.05, 4.69) is 20.6 Å². The van der Waals surface area contributed by atoms with Crippen molar-refractivity contribution in [3.05, 3.63) is 53.7 Å². The molecule has 1 aliphatic rings. The first kappa shape index (κ1) is 23.1. The van der Waals surface area contributed by atoms with Gasteiger partial charge in [-0.2, -0.15) is 0 Å². The molecule has 7 nitrogen and oxygen atoms in total. The minimum atomic E-state index is -3.16. The minimum Gasteiger partial charge on any atom is -0.474 e. The molecular weight excluding hydrogens is 412 g/mol. The van der Waals surface area contributed by atoms with Crippen LogP contribution < -0.4 is 15.4 Å². The van der Waals surface area contributed by atoms with E-state index in [9.17, 15) is 8.42 Å². The van der Waals surface area contributed by atoms with Crippen molar-refractivity contribution in [2.75, 3.05) is 19.8 Å². The highest BCUT2D eigenvalue weighted by Crippen LogP contribution is 2.22. The molecule has 0 spiro atoms. The predicted molar refractivity (Wildman–Crippen MR) is 123 cm³/mol. The van der Waals surface area contributed by atoms with E-state index >= 15 is 0 Å². The van der Waals surface area contributed by atoms with E-state index in [1.807, 2.05) is 30.5 Å². The molecule has 1 fully saturated rings. The molecular formula is C23H32N4O3S. The maximum Gasteiger partial charge on any atom is 0.213 e. The van der Waals surface area contributed by atoms with E-state index in [0.29, 0.717) is 35.9 Å². The number of aliphatic imine (C=N–C) groups is 1. The summed E-state index contributed by atoms with van der Waals surface area (Å²) in [6, 6.07) is 10.9. The standard InChI is InChI=1S/C23H32N4O3S/c1-24-23(25-15-14-18-8-11-21(12-9-18)31(2,28)29)27-17-19-10-13-22(26-16-19)30-20-6-4-3-5-7-20/h8-13,16,20H,3-7,14-15,17H2,1-2H3,(H2,24,25,27). The summed E-state index contributed by atoms with van der Waals surface area (Å²) in [6.45, 7) is 1.30. The van der Waals surface area contributed by atoms with Gasteiger partial charge in [-0.05, 0) is 55.4 Å². The third-order valence-corrected chi connectivity index (χ3v) is 6.51. The number of pyridine rings is 1. The second-order valence-electron chi connectivity index (χ2n) is 7.90. The number of aromatic nitrogens is 1. The van der Waals surface area contributed by atoms with E-state index in [4.69, 9.17) is 4.74 Å². The lowest BCUT2D eigenvalue weighted by Crippen LogP contribution is -2.37. The van der Waals surface area contributed by atoms with Crippen LogP contribution in [0.15, 0.2) is 52.5 Å². The van der Waals surface area contributed by atoms with Crippen molar-refractivity contribution >= 4 is 15.8 Å². The number of hydrogen-bond donors (Lipinski definition) is 2. The lowest BCUT2D eigenvalue weighted by atomic mass is 9.98. The van der Waals surface area contributed by atoms with Crippen molar-refractivity contribution < 1.29 is 13.2 Å². The summed E-state index contributed by atoms with van der Waals surface area (Å²) in [5.41, 5.74) is 2.11. The largest absolute Gasteiger partial charge is 0.474 e. The quantitative estimate of drug-likeness (QED) is 0.480. The van der Waals surface area contributed by atoms with Crippen LogP contribution in [-0.2, 0) is 22.8 Å². The van der Waals surface area contributed by atoms with Crippen LogP contribution in [0.4, 0.5) is 0 Å². The fourth-order valence-electron chi connectivity index (χ4n) is 3.57. The molecule has 31 heavy (non-hydrogen) atoms. The van der Waals surface area contributed by atoms with Crippen LogP contribution in [0.3, 0.4) is 0 Å². The van der Waals surface area contributed by atoms with E-state index in [1.54, 1.807) is 19.2 Å². The number of nitrogens with zero attached hydrogens (tertiary/aromatic N) is 2. The molecule has 0 amide bonds. The molecule has 2 aromatic rings. The smallest absolute Gasteiger partial charge is 0.213 e. The van der Waals surface area contributed by atoms with Crippen LogP contribution in [0, 0.1) is 0 Å². The van der Waals surface area contributed by atoms with Gasteiger partial charge in [-0.15, -0.1) is 0 Å². The van der Waals surface area contributed by atoms with E-state index < -0.39 is 9.84 Å². The maximum absolute atomic E-state index is 11.5. The van der Waals surface area contributed by atoms with Gasteiger partial charge in [-0.1, -0.05) is 24.6 Å². The van der Waals surface area contributed by atoms with Gasteiger partial charge in [0.2, 0.25) is 5.88 Å². The molecule has 0 unspecified atom stereocenters. The van der Waals surface area contributed by atoms with Crippen LogP contribution in [0.25, 0.3) is 0 Å². The van der Waals surface area contributed by atoms with Gasteiger partial charge in [-0.25, -0.2) is 13.4 Å². The predicted octanol–water partition coefficient (Wildman–Crippen LogP) is 3.10. The van der Waals surface area contributed by atoms with E-state index in [1.165, 1.54) is 25.5 Å². The molecule has 0 atom stereocenters. The van der Waals surface area contributed by atoms with Gasteiger partial charge in [0, 0.05) is 38.7 Å². The molecule has 1 aliphatic carbocycles. The summed E-state index contributed by atoms with van der Waals surface area (Å²) in [4.78, 5) is 9.02. The van der Waals surface area contributed by atoms with Gasteiger partial charge in [0.05, 0.1) is 4.90 Å². The zero-order chi connectivity index (χ0) is 22.1.